The third-order valence-electron chi connectivity index (χ3n) is 7.49. The molecule has 220 valence electrons. The average molecular weight is 596 g/mol. The second-order valence-corrected chi connectivity index (χ2v) is 9.71. The lowest BCUT2D eigenvalue weighted by Crippen LogP contribution is -2.62. The quantitative estimate of drug-likeness (QED) is 0.294. The number of alkyl halides is 6. The van der Waals surface area contributed by atoms with Crippen LogP contribution in [0.25, 0.3) is 0 Å². The minimum atomic E-state index is -5.66. The number of carbonyl (C=O) groups is 5. The van der Waals surface area contributed by atoms with E-state index < -0.39 is 76.5 Å². The molecule has 0 N–H and O–H groups in total. The monoisotopic (exact) mass is 596 g/mol. The Bertz CT molecular complexity index is 1510. The number of hydrogen-bond donors (Lipinski definition) is 0. The summed E-state index contributed by atoms with van der Waals surface area (Å²) >= 11 is 0. The van der Waals surface area contributed by atoms with Gasteiger partial charge >= 0.3 is 24.3 Å². The van der Waals surface area contributed by atoms with Crippen molar-refractivity contribution < 1.29 is 59.8 Å². The van der Waals surface area contributed by atoms with Crippen LogP contribution in [0, 0.1) is 5.92 Å². The van der Waals surface area contributed by atoms with Crippen LogP contribution in [0.1, 0.15) is 24.0 Å². The maximum Gasteiger partial charge on any atom is 0.491 e. The Labute approximate surface area is 232 Å². The van der Waals surface area contributed by atoms with Crippen molar-refractivity contribution in [2.24, 2.45) is 5.92 Å². The van der Waals surface area contributed by atoms with Crippen LogP contribution in [-0.2, 0) is 39.0 Å². The van der Waals surface area contributed by atoms with Gasteiger partial charge in [-0.25, -0.2) is 19.6 Å². The molecule has 42 heavy (non-hydrogen) atoms. The van der Waals surface area contributed by atoms with Gasteiger partial charge in [-0.3, -0.25) is 14.4 Å². The number of hydrogen-bond acceptors (Lipinski definition) is 8. The van der Waals surface area contributed by atoms with Gasteiger partial charge in [0.05, 0.1) is 0 Å². The lowest BCUT2D eigenvalue weighted by Gasteiger charge is -2.47. The molecule has 2 bridgehead atoms. The zero-order chi connectivity index (χ0) is 30.8. The van der Waals surface area contributed by atoms with Crippen LogP contribution >= 0.6 is 0 Å². The van der Waals surface area contributed by atoms with Gasteiger partial charge in [0.2, 0.25) is 11.5 Å². The molecule has 5 rings (SSSR count). The van der Waals surface area contributed by atoms with Crippen LogP contribution in [-0.4, -0.2) is 63.5 Å². The molecule has 2 fully saturated rings. The fraction of sp³-hybridized carbons (Fsp3) is 0.296. The van der Waals surface area contributed by atoms with Gasteiger partial charge < -0.3 is 9.47 Å². The molecule has 15 heteroatoms. The standard InChI is InChI=1S/C27H18F6N2O7/c1-14(15-8-4-2-5-9-15)25(42-23(40)27(31,32)33)18-17(36)12-13-34(25)35-19(18)20(37)24(21(35)38,16-10-6-3-7-11-16)41-22(39)26(28,29)30/h2-14,18-19H,1H3. The molecule has 2 aromatic carbocycles. The normalized spacial score (nSPS) is 27.6. The number of ketones is 2. The van der Waals surface area contributed by atoms with Crippen LogP contribution < -0.4 is 0 Å². The second kappa shape index (κ2) is 9.42. The summed E-state index contributed by atoms with van der Waals surface area (Å²) in [6, 6.07) is 11.2. The van der Waals surface area contributed by atoms with E-state index in [2.05, 4.69) is 4.74 Å². The number of halogens is 6. The summed E-state index contributed by atoms with van der Waals surface area (Å²) in [4.78, 5) is 65.9. The number of allylic oxidation sites excluding steroid dienone is 1. The predicted octanol–water partition coefficient (Wildman–Crippen LogP) is 3.32. The lowest BCUT2D eigenvalue weighted by atomic mass is 9.73. The second-order valence-electron chi connectivity index (χ2n) is 9.71. The van der Waals surface area contributed by atoms with Crippen molar-refractivity contribution in [1.82, 2.24) is 10.0 Å². The maximum atomic E-state index is 14.1. The molecule has 2 saturated heterocycles. The Kier molecular flexibility index (Phi) is 6.47. The first-order chi connectivity index (χ1) is 19.6. The molecule has 0 radical (unpaired) electrons. The minimum absolute atomic E-state index is 0.226. The average Bonchev–Trinajstić information content (AvgIpc) is 3.26. The van der Waals surface area contributed by atoms with E-state index in [0.29, 0.717) is 10.0 Å². The molecule has 5 unspecified atom stereocenters. The largest absolute Gasteiger partial charge is 0.491 e. The Morgan fingerprint density at radius 1 is 0.833 bits per heavy atom. The molecule has 0 aliphatic carbocycles. The molecule has 3 aliphatic heterocycles. The summed E-state index contributed by atoms with van der Waals surface area (Å²) in [6.07, 6.45) is -9.62. The Balaban J connectivity index is 1.73. The van der Waals surface area contributed by atoms with Gasteiger partial charge in [0.25, 0.3) is 11.5 Å². The molecule has 3 heterocycles. The van der Waals surface area contributed by atoms with Gasteiger partial charge in [-0.15, -0.1) is 0 Å². The molecule has 1 amide bonds. The molecule has 3 aliphatic rings. The fourth-order valence-electron chi connectivity index (χ4n) is 5.71. The van der Waals surface area contributed by atoms with Gasteiger partial charge in [-0.1, -0.05) is 67.6 Å². The summed E-state index contributed by atoms with van der Waals surface area (Å²) in [7, 11) is 0. The number of benzene rings is 2. The highest BCUT2D eigenvalue weighted by atomic mass is 19.4. The van der Waals surface area contributed by atoms with Crippen LogP contribution in [0.15, 0.2) is 72.9 Å². The Morgan fingerprint density at radius 2 is 1.36 bits per heavy atom. The van der Waals surface area contributed by atoms with Gasteiger partial charge in [0.15, 0.2) is 5.78 Å². The number of fused-ring (bicyclic) bond motifs is 5. The van der Waals surface area contributed by atoms with Crippen LogP contribution in [0.3, 0.4) is 0 Å². The molecule has 5 atom stereocenters. The summed E-state index contributed by atoms with van der Waals surface area (Å²) in [5, 5.41) is 1.05. The molecule has 9 nitrogen and oxygen atoms in total. The maximum absolute atomic E-state index is 14.1. The molecular formula is C27H18F6N2O7. The van der Waals surface area contributed by atoms with E-state index >= 15 is 0 Å². The zero-order valence-corrected chi connectivity index (χ0v) is 21.2. The number of carbonyl (C=O) groups excluding carboxylic acids is 5. The number of hydrazine groups is 1. The van der Waals surface area contributed by atoms with E-state index in [1.165, 1.54) is 49.4 Å². The number of ether oxygens (including phenoxy) is 2. The zero-order valence-electron chi connectivity index (χ0n) is 21.2. The molecular weight excluding hydrogens is 578 g/mol. The van der Waals surface area contributed by atoms with Gasteiger partial charge in [0, 0.05) is 17.7 Å². The third-order valence-corrected chi connectivity index (χ3v) is 7.49. The van der Waals surface area contributed by atoms with Crippen molar-refractivity contribution in [2.75, 3.05) is 0 Å². The summed E-state index contributed by atoms with van der Waals surface area (Å²) in [5.41, 5.74) is -6.23. The van der Waals surface area contributed by atoms with E-state index in [-0.39, 0.29) is 5.56 Å². The van der Waals surface area contributed by atoms with Gasteiger partial charge in [-0.05, 0) is 11.6 Å². The first-order valence-corrected chi connectivity index (χ1v) is 12.2. The van der Waals surface area contributed by atoms with Gasteiger partial charge in [-0.2, -0.15) is 26.3 Å². The van der Waals surface area contributed by atoms with Crippen molar-refractivity contribution in [3.8, 4) is 0 Å². The van der Waals surface area contributed by atoms with E-state index in [4.69, 9.17) is 4.74 Å². The van der Waals surface area contributed by atoms with Crippen molar-refractivity contribution in [3.63, 3.8) is 0 Å². The third kappa shape index (κ3) is 3.97. The van der Waals surface area contributed by atoms with Gasteiger partial charge in [0.1, 0.15) is 12.0 Å². The van der Waals surface area contributed by atoms with Crippen LogP contribution in [0.5, 0.6) is 0 Å². The first-order valence-electron chi connectivity index (χ1n) is 12.2. The minimum Gasteiger partial charge on any atom is -0.429 e. The summed E-state index contributed by atoms with van der Waals surface area (Å²) in [6.45, 7) is 1.29. The van der Waals surface area contributed by atoms with Crippen molar-refractivity contribution in [3.05, 3.63) is 84.1 Å². The lowest BCUT2D eigenvalue weighted by molar-refractivity contribution is -0.245. The Morgan fingerprint density at radius 3 is 1.90 bits per heavy atom. The van der Waals surface area contributed by atoms with E-state index in [9.17, 15) is 50.3 Å². The molecule has 0 spiro atoms. The van der Waals surface area contributed by atoms with Crippen LogP contribution in [0.4, 0.5) is 26.3 Å². The number of esters is 2. The Hall–Kier alpha value is -4.69. The van der Waals surface area contributed by atoms with Crippen molar-refractivity contribution in [2.45, 2.75) is 42.6 Å². The number of rotatable bonds is 5. The number of nitrogens with zero attached hydrogens (tertiary/aromatic N) is 2. The first kappa shape index (κ1) is 28.8. The molecule has 0 aromatic heterocycles. The van der Waals surface area contributed by atoms with Crippen LogP contribution in [0.2, 0.25) is 0 Å². The predicted molar refractivity (Wildman–Crippen MR) is 125 cm³/mol. The number of Topliss-reactive ketones (excluding diaryl/α,β-unsaturated/α-hetero) is 1. The topological polar surface area (TPSA) is 110 Å². The van der Waals surface area contributed by atoms with E-state index in [1.807, 2.05) is 0 Å². The SMILES string of the molecule is CC(c1ccccc1)C1(OC(=O)C(F)(F)F)C2C(=O)C=CN1N1C(=O)C(OC(=O)C(F)(F)F)(c3ccccc3)C(=O)C21. The summed E-state index contributed by atoms with van der Waals surface area (Å²) in [5.74, 6) is -13.3. The molecule has 0 saturated carbocycles. The van der Waals surface area contributed by atoms with Crippen molar-refractivity contribution >= 4 is 29.4 Å². The highest BCUT2D eigenvalue weighted by Gasteiger charge is 2.79. The van der Waals surface area contributed by atoms with Crippen molar-refractivity contribution in [1.29, 1.82) is 0 Å². The fourth-order valence-corrected chi connectivity index (χ4v) is 5.71. The highest BCUT2D eigenvalue weighted by Crippen LogP contribution is 2.57. The smallest absolute Gasteiger partial charge is 0.429 e. The van der Waals surface area contributed by atoms with E-state index in [1.54, 1.807) is 6.07 Å². The highest BCUT2D eigenvalue weighted by molar-refractivity contribution is 6.21. The van der Waals surface area contributed by atoms with E-state index in [0.717, 1.165) is 24.4 Å². The number of amides is 1. The summed E-state index contributed by atoms with van der Waals surface area (Å²) < 4.78 is 90.3. The molecule has 2 aromatic rings.